The number of morpholine rings is 1. The fraction of sp³-hybridized carbons (Fsp3) is 0.720. The van der Waals surface area contributed by atoms with Crippen LogP contribution in [0.2, 0.25) is 0 Å². The van der Waals surface area contributed by atoms with E-state index in [0.29, 0.717) is 43.6 Å². The Bertz CT molecular complexity index is 1190. The standard InChI is InChI=1S/C25H38N6O5S/c1-24(2,29-37(3,34)35)4-5-31-22(30-6-8-36-9-7-30)19(15-27-31)21(32)28-20-17-10-16-11-18(20)14-25(12-16,13-17)23(26)33/h4-5,15-18,20,29H,6-14H2,1-3H3,(H2,26,33)(H,28,32)/b5-4+. The van der Waals surface area contributed by atoms with Crippen LogP contribution in [0.3, 0.4) is 0 Å². The average Bonchev–Trinajstić information content (AvgIpc) is 3.23. The van der Waals surface area contributed by atoms with Gasteiger partial charge in [0.15, 0.2) is 0 Å². The monoisotopic (exact) mass is 534 g/mol. The summed E-state index contributed by atoms with van der Waals surface area (Å²) in [6.45, 7) is 5.81. The fourth-order valence-corrected chi connectivity index (χ4v) is 8.30. The summed E-state index contributed by atoms with van der Waals surface area (Å²) in [5, 5.41) is 7.79. The SMILES string of the molecule is CC(C)(/C=C/n1ncc(C(=O)NC2C3CC4CC2CC(C(N)=O)(C4)C3)c1N1CCOCC1)NS(C)(=O)=O. The zero-order valence-corrected chi connectivity index (χ0v) is 22.6. The van der Waals surface area contributed by atoms with Gasteiger partial charge >= 0.3 is 0 Å². The van der Waals surface area contributed by atoms with E-state index in [9.17, 15) is 18.0 Å². The highest BCUT2D eigenvalue weighted by Gasteiger charge is 2.58. The van der Waals surface area contributed by atoms with E-state index in [0.717, 1.165) is 38.4 Å². The first-order chi connectivity index (χ1) is 17.4. The molecule has 12 heteroatoms. The lowest BCUT2D eigenvalue weighted by Crippen LogP contribution is -2.62. The molecule has 0 aromatic carbocycles. The zero-order chi connectivity index (χ0) is 26.6. The number of rotatable bonds is 8. The van der Waals surface area contributed by atoms with Gasteiger partial charge in [-0.1, -0.05) is 0 Å². The van der Waals surface area contributed by atoms with Crippen molar-refractivity contribution in [1.82, 2.24) is 19.8 Å². The Balaban J connectivity index is 1.39. The summed E-state index contributed by atoms with van der Waals surface area (Å²) in [5.41, 5.74) is 5.05. The van der Waals surface area contributed by atoms with E-state index in [1.807, 2.05) is 0 Å². The number of nitrogens with two attached hydrogens (primary N) is 1. The number of hydrogen-bond donors (Lipinski definition) is 3. The van der Waals surface area contributed by atoms with Crippen molar-refractivity contribution in [3.05, 3.63) is 17.8 Å². The van der Waals surface area contributed by atoms with Crippen molar-refractivity contribution < 1.29 is 22.7 Å². The number of primary amides is 1. The van der Waals surface area contributed by atoms with E-state index >= 15 is 0 Å². The molecule has 2 atom stereocenters. The quantitative estimate of drug-likeness (QED) is 0.449. The van der Waals surface area contributed by atoms with Crippen molar-refractivity contribution in [2.24, 2.45) is 28.9 Å². The molecule has 204 valence electrons. The van der Waals surface area contributed by atoms with E-state index in [1.54, 1.807) is 37.0 Å². The first-order valence-corrected chi connectivity index (χ1v) is 14.9. The number of aromatic nitrogens is 2. The number of carbonyl (C=O) groups is 2. The van der Waals surface area contributed by atoms with Gasteiger partial charge in [0.1, 0.15) is 11.4 Å². The van der Waals surface area contributed by atoms with Crippen LogP contribution in [-0.4, -0.2) is 74.2 Å². The van der Waals surface area contributed by atoms with Gasteiger partial charge in [0.25, 0.3) is 5.91 Å². The third-order valence-corrected chi connectivity index (χ3v) is 9.40. The molecule has 2 amide bonds. The van der Waals surface area contributed by atoms with Crippen LogP contribution < -0.4 is 20.7 Å². The van der Waals surface area contributed by atoms with Crippen LogP contribution in [0.1, 0.15) is 56.3 Å². The summed E-state index contributed by atoms with van der Waals surface area (Å²) in [6.07, 6.45) is 10.5. The fourth-order valence-electron chi connectivity index (χ4n) is 7.28. The molecule has 4 N–H and O–H groups in total. The second-order valence-electron chi connectivity index (χ2n) is 12.0. The third kappa shape index (κ3) is 5.28. The summed E-state index contributed by atoms with van der Waals surface area (Å²) in [6, 6.07) is 0.0193. The molecule has 5 aliphatic rings. The molecule has 0 radical (unpaired) electrons. The number of carbonyl (C=O) groups excluding carboxylic acids is 2. The minimum atomic E-state index is -3.41. The molecule has 6 rings (SSSR count). The lowest BCUT2D eigenvalue weighted by atomic mass is 9.47. The molecule has 1 aromatic rings. The zero-order valence-electron chi connectivity index (χ0n) is 21.8. The topological polar surface area (TPSA) is 149 Å². The molecule has 11 nitrogen and oxygen atoms in total. The minimum Gasteiger partial charge on any atom is -0.378 e. The summed E-state index contributed by atoms with van der Waals surface area (Å²) >= 11 is 0. The normalized spacial score (nSPS) is 31.7. The van der Waals surface area contributed by atoms with Gasteiger partial charge < -0.3 is 20.7 Å². The molecule has 4 aliphatic carbocycles. The van der Waals surface area contributed by atoms with Crippen LogP contribution in [-0.2, 0) is 19.6 Å². The summed E-state index contributed by atoms with van der Waals surface area (Å²) in [5.74, 6) is 1.32. The van der Waals surface area contributed by atoms with Gasteiger partial charge in [-0.3, -0.25) is 9.59 Å². The van der Waals surface area contributed by atoms with Crippen LogP contribution in [0, 0.1) is 23.2 Å². The van der Waals surface area contributed by atoms with Crippen LogP contribution >= 0.6 is 0 Å². The van der Waals surface area contributed by atoms with E-state index in [2.05, 4.69) is 20.0 Å². The predicted molar refractivity (Wildman–Crippen MR) is 139 cm³/mol. The van der Waals surface area contributed by atoms with Crippen molar-refractivity contribution in [2.75, 3.05) is 37.5 Å². The minimum absolute atomic E-state index is 0.0193. The maximum atomic E-state index is 13.7. The first-order valence-electron chi connectivity index (χ1n) is 13.1. The van der Waals surface area contributed by atoms with Gasteiger partial charge in [0, 0.05) is 36.3 Å². The van der Waals surface area contributed by atoms with Crippen molar-refractivity contribution >= 4 is 33.9 Å². The smallest absolute Gasteiger partial charge is 0.256 e. The number of nitrogens with zero attached hydrogens (tertiary/aromatic N) is 3. The van der Waals surface area contributed by atoms with Crippen molar-refractivity contribution in [3.8, 4) is 0 Å². The lowest BCUT2D eigenvalue weighted by molar-refractivity contribution is -0.145. The molecular formula is C25H38N6O5S. The van der Waals surface area contributed by atoms with E-state index in [-0.39, 0.29) is 29.7 Å². The molecule has 2 heterocycles. The number of sulfonamides is 1. The number of hydrogen-bond acceptors (Lipinski definition) is 7. The second kappa shape index (κ2) is 9.39. The lowest BCUT2D eigenvalue weighted by Gasteiger charge is -2.58. The Hall–Kier alpha value is -2.44. The average molecular weight is 535 g/mol. The molecule has 0 spiro atoms. The molecular weight excluding hydrogens is 496 g/mol. The summed E-state index contributed by atoms with van der Waals surface area (Å²) in [4.78, 5) is 28.1. The predicted octanol–water partition coefficient (Wildman–Crippen LogP) is 0.928. The highest BCUT2D eigenvalue weighted by atomic mass is 32.2. The Morgan fingerprint density at radius 2 is 1.84 bits per heavy atom. The van der Waals surface area contributed by atoms with Gasteiger partial charge in [-0.2, -0.15) is 5.10 Å². The Labute approximate surface area is 218 Å². The first kappa shape index (κ1) is 26.2. The second-order valence-corrected chi connectivity index (χ2v) is 13.7. The summed E-state index contributed by atoms with van der Waals surface area (Å²) in [7, 11) is -3.41. The Morgan fingerprint density at radius 3 is 2.43 bits per heavy atom. The van der Waals surface area contributed by atoms with E-state index < -0.39 is 21.0 Å². The van der Waals surface area contributed by atoms with Gasteiger partial charge in [-0.05, 0) is 69.8 Å². The van der Waals surface area contributed by atoms with E-state index in [1.165, 1.54) is 0 Å². The Morgan fingerprint density at radius 1 is 1.19 bits per heavy atom. The van der Waals surface area contributed by atoms with Crippen LogP contribution in [0.4, 0.5) is 5.82 Å². The molecule has 1 saturated heterocycles. The number of anilines is 1. The third-order valence-electron chi connectivity index (χ3n) is 8.50. The molecule has 4 bridgehead atoms. The van der Waals surface area contributed by atoms with Gasteiger partial charge in [0.05, 0.1) is 25.7 Å². The van der Waals surface area contributed by atoms with Crippen molar-refractivity contribution in [1.29, 1.82) is 0 Å². The summed E-state index contributed by atoms with van der Waals surface area (Å²) < 4.78 is 33.2. The number of amides is 2. The molecule has 37 heavy (non-hydrogen) atoms. The largest absolute Gasteiger partial charge is 0.378 e. The van der Waals surface area contributed by atoms with E-state index in [4.69, 9.17) is 10.5 Å². The molecule has 1 aromatic heterocycles. The van der Waals surface area contributed by atoms with Crippen molar-refractivity contribution in [2.45, 2.75) is 57.5 Å². The molecule has 4 saturated carbocycles. The number of ether oxygens (including phenoxy) is 1. The van der Waals surface area contributed by atoms with Gasteiger partial charge in [-0.25, -0.2) is 17.8 Å². The van der Waals surface area contributed by atoms with Gasteiger partial charge in [-0.15, -0.1) is 0 Å². The van der Waals surface area contributed by atoms with Crippen molar-refractivity contribution in [3.63, 3.8) is 0 Å². The number of nitrogens with one attached hydrogen (secondary N) is 2. The highest BCUT2D eigenvalue weighted by Crippen LogP contribution is 2.60. The Kier molecular flexibility index (Phi) is 6.64. The van der Waals surface area contributed by atoms with Crippen LogP contribution in [0.5, 0.6) is 0 Å². The molecule has 2 unspecified atom stereocenters. The van der Waals surface area contributed by atoms with Crippen LogP contribution in [0.25, 0.3) is 6.20 Å². The molecule has 1 aliphatic heterocycles. The van der Waals surface area contributed by atoms with Crippen LogP contribution in [0.15, 0.2) is 12.3 Å². The van der Waals surface area contributed by atoms with Gasteiger partial charge in [0.2, 0.25) is 15.9 Å². The maximum absolute atomic E-state index is 13.7. The maximum Gasteiger partial charge on any atom is 0.256 e. The molecule has 5 fully saturated rings. The highest BCUT2D eigenvalue weighted by molar-refractivity contribution is 7.88.